The Balaban J connectivity index is 1.45. The van der Waals surface area contributed by atoms with Crippen LogP contribution in [0.25, 0.3) is 0 Å². The lowest BCUT2D eigenvalue weighted by Gasteiger charge is -2.33. The van der Waals surface area contributed by atoms with E-state index in [9.17, 15) is 33.0 Å². The number of sulfonamides is 1. The molecule has 5 atom stereocenters. The number of rotatable bonds is 21. The molecule has 1 aromatic heterocycles. The number of alkyl carbamates (subject to hydrolysis) is 1. The molecule has 3 aromatic rings. The molecule has 2 aliphatic heterocycles. The van der Waals surface area contributed by atoms with Gasteiger partial charge in [0.1, 0.15) is 24.6 Å². The number of phenolic OH excluding ortho intramolecular Hbond substituents is 2. The van der Waals surface area contributed by atoms with E-state index in [1.54, 1.807) is 38.1 Å². The molecule has 19 heteroatoms. The number of nitrogens with one attached hydrogen (secondary N) is 1. The first kappa shape index (κ1) is 45.6. The number of ether oxygens (including phenoxy) is 6. The average Bonchev–Trinajstić information content (AvgIpc) is 3.94. The molecule has 5 rings (SSSR count). The molecule has 17 nitrogen and oxygen atoms in total. The highest BCUT2D eigenvalue weighted by atomic mass is 32.2. The highest BCUT2D eigenvalue weighted by Crippen LogP contribution is 2.33. The minimum absolute atomic E-state index is 0.0201. The molecule has 3 heterocycles. The smallest absolute Gasteiger partial charge is 0.407 e. The summed E-state index contributed by atoms with van der Waals surface area (Å²) in [5, 5.41) is 25.8. The number of hydrogen-bond acceptors (Lipinski definition) is 16. The normalized spacial score (nSPS) is 18.7. The summed E-state index contributed by atoms with van der Waals surface area (Å²) in [5.41, 5.74) is 1.45. The van der Waals surface area contributed by atoms with Gasteiger partial charge >= 0.3 is 18.0 Å². The van der Waals surface area contributed by atoms with Crippen LogP contribution in [0.15, 0.2) is 52.7 Å². The van der Waals surface area contributed by atoms with E-state index in [-0.39, 0.29) is 49.5 Å². The number of hydrogen-bond donors (Lipinski definition) is 3. The third-order valence-corrected chi connectivity index (χ3v) is 12.5. The fourth-order valence-corrected chi connectivity index (χ4v) is 8.94. The Hall–Kier alpha value is -4.53. The van der Waals surface area contributed by atoms with Gasteiger partial charge in [0.2, 0.25) is 10.0 Å². The van der Waals surface area contributed by atoms with Gasteiger partial charge in [-0.2, -0.15) is 4.31 Å². The van der Waals surface area contributed by atoms with Crippen LogP contribution in [0, 0.1) is 18.8 Å². The molecule has 59 heavy (non-hydrogen) atoms. The maximum atomic E-state index is 14.2. The predicted octanol–water partition coefficient (Wildman–Crippen LogP) is 3.98. The van der Waals surface area contributed by atoms with Crippen LogP contribution in [0.4, 0.5) is 4.79 Å². The van der Waals surface area contributed by atoms with Gasteiger partial charge < -0.3 is 44.0 Å². The molecule has 0 radical (unpaired) electrons. The molecule has 0 aliphatic carbocycles. The van der Waals surface area contributed by atoms with Gasteiger partial charge in [-0.3, -0.25) is 9.69 Å². The fraction of sp³-hybridized carbons (Fsp3) is 0.550. The summed E-state index contributed by atoms with van der Waals surface area (Å²) in [7, 11) is -4.42. The summed E-state index contributed by atoms with van der Waals surface area (Å²) in [6.07, 6.45) is -2.70. The third-order valence-electron chi connectivity index (χ3n) is 9.85. The predicted molar refractivity (Wildman–Crippen MR) is 214 cm³/mol. The Morgan fingerprint density at radius 3 is 2.42 bits per heavy atom. The van der Waals surface area contributed by atoms with E-state index in [1.807, 2.05) is 31.1 Å². The van der Waals surface area contributed by atoms with Crippen LogP contribution in [0.2, 0.25) is 0 Å². The Bertz CT molecular complexity index is 1970. The fourth-order valence-electron chi connectivity index (χ4n) is 6.71. The average molecular weight is 863 g/mol. The molecule has 3 N–H and O–H groups in total. The minimum Gasteiger partial charge on any atom is -0.504 e. The van der Waals surface area contributed by atoms with Crippen LogP contribution in [-0.4, -0.2) is 128 Å². The van der Waals surface area contributed by atoms with Crippen LogP contribution in [0.5, 0.6) is 17.2 Å². The van der Waals surface area contributed by atoms with Crippen LogP contribution >= 0.6 is 11.3 Å². The van der Waals surface area contributed by atoms with E-state index in [0.717, 1.165) is 33.2 Å². The highest BCUT2D eigenvalue weighted by Gasteiger charge is 2.44. The molecule has 2 fully saturated rings. The van der Waals surface area contributed by atoms with Crippen molar-refractivity contribution in [3.05, 3.63) is 64.1 Å². The lowest BCUT2D eigenvalue weighted by Crippen LogP contribution is -2.53. The van der Waals surface area contributed by atoms with Gasteiger partial charge in [-0.25, -0.2) is 23.0 Å². The van der Waals surface area contributed by atoms with Gasteiger partial charge in [0.15, 0.2) is 24.4 Å². The number of fused-ring (bicyclic) bond motifs is 1. The van der Waals surface area contributed by atoms with E-state index in [0.29, 0.717) is 37.4 Å². The largest absolute Gasteiger partial charge is 0.504 e. The molecular weight excluding hydrogens is 809 g/mol. The van der Waals surface area contributed by atoms with E-state index in [2.05, 4.69) is 10.3 Å². The van der Waals surface area contributed by atoms with E-state index in [1.165, 1.54) is 11.3 Å². The van der Waals surface area contributed by atoms with Crippen LogP contribution in [-0.2, 0) is 56.3 Å². The quantitative estimate of drug-likeness (QED) is 0.0785. The number of carbonyl (C=O) groups excluding carboxylic acids is 3. The van der Waals surface area contributed by atoms with Crippen LogP contribution in [0.1, 0.15) is 50.4 Å². The standard InChI is InChI=1S/C40H54N4O13S2/c1-6-43(7-2)20-37(47)54-23-38(48)56-35(19-44(18-25(3)4)59(50,51)30-12-13-33(45)34(46)17-30)32(42-40(49)57-36-22-55-39-31(36)14-15-52-39)16-27-8-10-29(11-9-27)53-21-28-24-58-26(5)41-28/h8-13,17,24-25,31-32,35-36,39,45-46H,6-7,14-16,18-23H2,1-5H3,(H,42,49)/t31-,32-,35+,36-,39+/m0/s1. The molecule has 324 valence electrons. The van der Waals surface area contributed by atoms with Crippen molar-refractivity contribution in [2.45, 2.75) is 83.5 Å². The summed E-state index contributed by atoms with van der Waals surface area (Å²) >= 11 is 1.52. The third kappa shape index (κ3) is 13.0. The first-order chi connectivity index (χ1) is 28.1. The second kappa shape index (κ2) is 21.1. The maximum Gasteiger partial charge on any atom is 0.407 e. The topological polar surface area (TPSA) is 213 Å². The summed E-state index contributed by atoms with van der Waals surface area (Å²) < 4.78 is 63.7. The number of aromatic nitrogens is 1. The summed E-state index contributed by atoms with van der Waals surface area (Å²) in [6.45, 7) is 9.89. The van der Waals surface area contributed by atoms with E-state index < -0.39 is 77.2 Å². The van der Waals surface area contributed by atoms with Crippen molar-refractivity contribution in [3.8, 4) is 17.2 Å². The number of phenols is 2. The summed E-state index contributed by atoms with van der Waals surface area (Å²) in [6, 6.07) is 9.02. The SMILES string of the molecule is CCN(CC)CC(=O)OCC(=O)O[C@H](CN(CC(C)C)S(=O)(=O)c1ccc(O)c(O)c1)[C@H](Cc1ccc(OCc2csc(C)n2)cc1)NC(=O)O[C@H]1CO[C@H]2OCC[C@H]21. The lowest BCUT2D eigenvalue weighted by atomic mass is 10.0. The van der Waals surface area contributed by atoms with Gasteiger partial charge in [0.05, 0.1) is 53.9 Å². The molecular formula is C40H54N4O13S2. The van der Waals surface area contributed by atoms with Crippen molar-refractivity contribution in [1.82, 2.24) is 19.5 Å². The van der Waals surface area contributed by atoms with Crippen molar-refractivity contribution in [2.75, 3.05) is 52.5 Å². The molecule has 0 bridgehead atoms. The second-order valence-corrected chi connectivity index (χ2v) is 17.7. The van der Waals surface area contributed by atoms with E-state index >= 15 is 0 Å². The monoisotopic (exact) mass is 862 g/mol. The summed E-state index contributed by atoms with van der Waals surface area (Å²) in [5.74, 6) is -2.66. The number of esters is 2. The zero-order chi connectivity index (χ0) is 42.7. The number of amides is 1. The van der Waals surface area contributed by atoms with Gasteiger partial charge in [0.25, 0.3) is 0 Å². The number of carbonyl (C=O) groups is 3. The van der Waals surface area contributed by atoms with Crippen LogP contribution in [0.3, 0.4) is 0 Å². The second-order valence-electron chi connectivity index (χ2n) is 14.7. The van der Waals surface area contributed by atoms with Gasteiger partial charge in [0, 0.05) is 18.0 Å². The summed E-state index contributed by atoms with van der Waals surface area (Å²) in [4.78, 5) is 45.8. The Morgan fingerprint density at radius 2 is 1.76 bits per heavy atom. The molecule has 1 amide bonds. The lowest BCUT2D eigenvalue weighted by molar-refractivity contribution is -0.164. The number of likely N-dealkylation sites (N-methyl/N-ethyl adjacent to an activating group) is 1. The van der Waals surface area contributed by atoms with E-state index in [4.69, 9.17) is 28.4 Å². The van der Waals surface area contributed by atoms with Crippen molar-refractivity contribution >= 4 is 39.4 Å². The number of aryl methyl sites for hydroxylation is 1. The maximum absolute atomic E-state index is 14.2. The number of thiazole rings is 1. The number of benzene rings is 2. The van der Waals surface area contributed by atoms with Crippen LogP contribution < -0.4 is 10.1 Å². The van der Waals surface area contributed by atoms with Gasteiger partial charge in [-0.05, 0) is 68.6 Å². The highest BCUT2D eigenvalue weighted by molar-refractivity contribution is 7.89. The molecule has 0 unspecified atom stereocenters. The zero-order valence-electron chi connectivity index (χ0n) is 33.9. The first-order valence-electron chi connectivity index (χ1n) is 19.6. The molecule has 2 aromatic carbocycles. The Labute approximate surface area is 348 Å². The minimum atomic E-state index is -4.42. The molecule has 0 spiro atoms. The van der Waals surface area contributed by atoms with Crippen molar-refractivity contribution in [1.29, 1.82) is 0 Å². The number of aromatic hydroxyl groups is 2. The molecule has 2 saturated heterocycles. The molecule has 2 aliphatic rings. The number of nitrogens with zero attached hydrogens (tertiary/aromatic N) is 3. The van der Waals surface area contributed by atoms with Crippen molar-refractivity contribution in [2.24, 2.45) is 11.8 Å². The van der Waals surface area contributed by atoms with Gasteiger partial charge in [-0.15, -0.1) is 11.3 Å². The van der Waals surface area contributed by atoms with Crippen molar-refractivity contribution in [3.63, 3.8) is 0 Å². The Morgan fingerprint density at radius 1 is 1.02 bits per heavy atom. The zero-order valence-corrected chi connectivity index (χ0v) is 35.5. The Kier molecular flexibility index (Phi) is 16.3. The first-order valence-corrected chi connectivity index (χ1v) is 21.9. The molecule has 0 saturated carbocycles. The van der Waals surface area contributed by atoms with Crippen molar-refractivity contribution < 1.29 is 61.4 Å². The van der Waals surface area contributed by atoms with Gasteiger partial charge in [-0.1, -0.05) is 39.8 Å².